The van der Waals surface area contributed by atoms with Gasteiger partial charge in [-0.2, -0.15) is 0 Å². The summed E-state index contributed by atoms with van der Waals surface area (Å²) in [4.78, 5) is 10.7. The minimum absolute atomic E-state index is 0.314. The maximum absolute atomic E-state index is 10.7. The molecule has 0 fully saturated rings. The van der Waals surface area contributed by atoms with Crippen LogP contribution in [0.25, 0.3) is 0 Å². The van der Waals surface area contributed by atoms with Gasteiger partial charge in [-0.05, 0) is 19.3 Å². The average Bonchev–Trinajstić information content (AvgIpc) is 2.43. The van der Waals surface area contributed by atoms with Gasteiger partial charge in [0.1, 0.15) is 6.61 Å². The number of allylic oxidation sites excluding steroid dienone is 1. The highest BCUT2D eigenvalue weighted by Gasteiger charge is 1.95. The third-order valence-electron chi connectivity index (χ3n) is 2.84. The van der Waals surface area contributed by atoms with Gasteiger partial charge >= 0.3 is 5.97 Å². The highest BCUT2D eigenvalue weighted by molar-refractivity contribution is 5.81. The third-order valence-corrected chi connectivity index (χ3v) is 2.84. The number of unbranched alkanes of at least 4 members (excludes halogenated alkanes) is 7. The van der Waals surface area contributed by atoms with Gasteiger partial charge in [0.25, 0.3) is 0 Å². The normalized spacial score (nSPS) is 10.1. The number of hydrogen-bond donors (Lipinski definition) is 0. The molecular weight excluding hydrogens is 240 g/mol. The van der Waals surface area contributed by atoms with Gasteiger partial charge in [0, 0.05) is 12.7 Å². The molecule has 0 aromatic heterocycles. The van der Waals surface area contributed by atoms with Gasteiger partial charge in [-0.3, -0.25) is 0 Å². The van der Waals surface area contributed by atoms with Crippen molar-refractivity contribution in [3.63, 3.8) is 0 Å². The Balaban J connectivity index is 3.00. The molecule has 0 amide bonds. The Morgan fingerprint density at radius 1 is 0.842 bits per heavy atom. The minimum Gasteiger partial charge on any atom is -0.460 e. The van der Waals surface area contributed by atoms with Crippen molar-refractivity contribution >= 4 is 5.97 Å². The molecule has 110 valence electrons. The van der Waals surface area contributed by atoms with Crippen LogP contribution in [0.5, 0.6) is 0 Å². The summed E-state index contributed by atoms with van der Waals surface area (Å²) in [5.74, 6) is -0.389. The smallest absolute Gasteiger partial charge is 0.330 e. The van der Waals surface area contributed by atoms with E-state index >= 15 is 0 Å². The summed E-state index contributed by atoms with van der Waals surface area (Å²) in [6.07, 6.45) is 13.1. The molecule has 0 aromatic rings. The van der Waals surface area contributed by atoms with Gasteiger partial charge in [0.15, 0.2) is 0 Å². The largest absolute Gasteiger partial charge is 0.460 e. The van der Waals surface area contributed by atoms with Crippen molar-refractivity contribution in [2.24, 2.45) is 0 Å². The first-order chi connectivity index (χ1) is 9.31. The van der Waals surface area contributed by atoms with E-state index in [0.29, 0.717) is 13.2 Å². The number of carbonyl (C=O) groups excluding carboxylic acids is 1. The van der Waals surface area contributed by atoms with E-state index in [-0.39, 0.29) is 5.97 Å². The first-order valence-electron chi connectivity index (χ1n) is 7.29. The summed E-state index contributed by atoms with van der Waals surface area (Å²) < 4.78 is 10.2. The molecule has 0 aliphatic heterocycles. The predicted molar refractivity (Wildman–Crippen MR) is 79.1 cm³/mol. The van der Waals surface area contributed by atoms with Crippen molar-refractivity contribution in [3.8, 4) is 0 Å². The van der Waals surface area contributed by atoms with Crippen molar-refractivity contribution in [1.29, 1.82) is 0 Å². The topological polar surface area (TPSA) is 35.5 Å². The Kier molecular flexibility index (Phi) is 14.1. The first-order valence-corrected chi connectivity index (χ1v) is 7.29. The molecule has 19 heavy (non-hydrogen) atoms. The lowest BCUT2D eigenvalue weighted by molar-refractivity contribution is -0.139. The maximum atomic E-state index is 10.7. The average molecular weight is 268 g/mol. The maximum Gasteiger partial charge on any atom is 0.330 e. The zero-order valence-electron chi connectivity index (χ0n) is 12.1. The van der Waals surface area contributed by atoms with Gasteiger partial charge in [-0.1, -0.05) is 44.8 Å². The lowest BCUT2D eigenvalue weighted by atomic mass is 10.1. The number of ether oxygens (including phenoxy) is 2. The zero-order chi connectivity index (χ0) is 14.2. The van der Waals surface area contributed by atoms with E-state index in [2.05, 4.69) is 13.2 Å². The molecule has 0 heterocycles. The van der Waals surface area contributed by atoms with Crippen LogP contribution < -0.4 is 0 Å². The Labute approximate surface area is 117 Å². The molecule has 0 bridgehead atoms. The first kappa shape index (κ1) is 17.9. The van der Waals surface area contributed by atoms with Gasteiger partial charge in [0.05, 0.1) is 6.61 Å². The molecule has 0 N–H and O–H groups in total. The molecule has 0 spiro atoms. The summed E-state index contributed by atoms with van der Waals surface area (Å²) in [6, 6.07) is 0. The second kappa shape index (κ2) is 15.0. The van der Waals surface area contributed by atoms with Crippen molar-refractivity contribution in [1.82, 2.24) is 0 Å². The zero-order valence-corrected chi connectivity index (χ0v) is 12.1. The highest BCUT2D eigenvalue weighted by Crippen LogP contribution is 2.08. The van der Waals surface area contributed by atoms with Crippen LogP contribution >= 0.6 is 0 Å². The van der Waals surface area contributed by atoms with Crippen LogP contribution in [-0.2, 0) is 14.3 Å². The fraction of sp³-hybridized carbons (Fsp3) is 0.688. The highest BCUT2D eigenvalue weighted by atomic mass is 16.6. The van der Waals surface area contributed by atoms with E-state index in [1.807, 2.05) is 6.08 Å². The van der Waals surface area contributed by atoms with Crippen molar-refractivity contribution in [3.05, 3.63) is 25.3 Å². The van der Waals surface area contributed by atoms with E-state index in [9.17, 15) is 4.79 Å². The number of hydrogen-bond acceptors (Lipinski definition) is 3. The third kappa shape index (κ3) is 14.9. The van der Waals surface area contributed by atoms with Crippen LogP contribution in [0.1, 0.15) is 51.4 Å². The summed E-state index contributed by atoms with van der Waals surface area (Å²) in [7, 11) is 0. The van der Waals surface area contributed by atoms with Crippen molar-refractivity contribution < 1.29 is 14.3 Å². The molecule has 0 rings (SSSR count). The van der Waals surface area contributed by atoms with Crippen LogP contribution in [0, 0.1) is 0 Å². The standard InChI is InChI=1S/C16H28O3/c1-3-5-6-7-8-9-10-11-12-13-18-14-15-19-16(17)4-2/h3-4H,1-2,5-15H2. The van der Waals surface area contributed by atoms with E-state index in [4.69, 9.17) is 9.47 Å². The lowest BCUT2D eigenvalue weighted by Crippen LogP contribution is -2.08. The van der Waals surface area contributed by atoms with Crippen molar-refractivity contribution in [2.45, 2.75) is 51.4 Å². The molecule has 0 saturated heterocycles. The monoisotopic (exact) mass is 268 g/mol. The quantitative estimate of drug-likeness (QED) is 0.206. The molecule has 0 aliphatic carbocycles. The van der Waals surface area contributed by atoms with Gasteiger partial charge < -0.3 is 9.47 Å². The Morgan fingerprint density at radius 2 is 1.47 bits per heavy atom. The minimum atomic E-state index is -0.389. The van der Waals surface area contributed by atoms with E-state index in [1.165, 1.54) is 38.5 Å². The van der Waals surface area contributed by atoms with Crippen LogP contribution in [0.15, 0.2) is 25.3 Å². The van der Waals surface area contributed by atoms with E-state index in [0.717, 1.165) is 25.5 Å². The molecule has 3 nitrogen and oxygen atoms in total. The molecule has 0 atom stereocenters. The molecule has 0 unspecified atom stereocenters. The Morgan fingerprint density at radius 3 is 2.11 bits per heavy atom. The molecule has 0 aliphatic rings. The number of rotatable bonds is 14. The molecule has 0 radical (unpaired) electrons. The molecule has 0 saturated carbocycles. The summed E-state index contributed by atoms with van der Waals surface area (Å²) in [5, 5.41) is 0. The Bertz CT molecular complexity index is 236. The van der Waals surface area contributed by atoms with Gasteiger partial charge in [0.2, 0.25) is 0 Å². The van der Waals surface area contributed by atoms with Crippen LogP contribution in [-0.4, -0.2) is 25.8 Å². The fourth-order valence-corrected chi connectivity index (χ4v) is 1.74. The van der Waals surface area contributed by atoms with Gasteiger partial charge in [-0.25, -0.2) is 4.79 Å². The number of esters is 1. The summed E-state index contributed by atoms with van der Waals surface area (Å²) in [6.45, 7) is 8.58. The van der Waals surface area contributed by atoms with Crippen molar-refractivity contribution in [2.75, 3.05) is 19.8 Å². The Hall–Kier alpha value is -1.09. The lowest BCUT2D eigenvalue weighted by Gasteiger charge is -2.04. The number of carbonyl (C=O) groups is 1. The second-order valence-corrected chi connectivity index (χ2v) is 4.54. The van der Waals surface area contributed by atoms with Gasteiger partial charge in [-0.15, -0.1) is 6.58 Å². The van der Waals surface area contributed by atoms with E-state index in [1.54, 1.807) is 0 Å². The summed E-state index contributed by atoms with van der Waals surface area (Å²) in [5.41, 5.74) is 0. The van der Waals surface area contributed by atoms with Crippen LogP contribution in [0.3, 0.4) is 0 Å². The van der Waals surface area contributed by atoms with E-state index < -0.39 is 0 Å². The second-order valence-electron chi connectivity index (χ2n) is 4.54. The van der Waals surface area contributed by atoms with Crippen LogP contribution in [0.4, 0.5) is 0 Å². The predicted octanol–water partition coefficient (Wildman–Crippen LogP) is 4.04. The molecule has 3 heteroatoms. The summed E-state index contributed by atoms with van der Waals surface area (Å²) >= 11 is 0. The molecular formula is C16H28O3. The molecule has 0 aromatic carbocycles. The fourth-order valence-electron chi connectivity index (χ4n) is 1.74. The SMILES string of the molecule is C=CCCCCCCCCCOCCOC(=O)C=C. The van der Waals surface area contributed by atoms with Crippen LogP contribution in [0.2, 0.25) is 0 Å².